The van der Waals surface area contributed by atoms with E-state index in [0.717, 1.165) is 51.9 Å². The number of carbonyl (C=O) groups excluding carboxylic acids is 1. The first kappa shape index (κ1) is 27.4. The Hall–Kier alpha value is -3.19. The Morgan fingerprint density at radius 1 is 1.18 bits per heavy atom. The summed E-state index contributed by atoms with van der Waals surface area (Å²) in [6.45, 7) is 8.36. The highest BCUT2D eigenvalue weighted by Gasteiger charge is 2.35. The number of ether oxygens (including phenoxy) is 1. The Balaban J connectivity index is 1.29. The molecule has 2 saturated heterocycles. The Labute approximate surface area is 224 Å². The molecule has 212 valence electrons. The van der Waals surface area contributed by atoms with Crippen LogP contribution in [0, 0.1) is 0 Å². The zero-order valence-corrected chi connectivity index (χ0v) is 22.5. The molecule has 2 aliphatic rings. The van der Waals surface area contributed by atoms with Gasteiger partial charge >= 0.3 is 6.18 Å². The molecular weight excluding hydrogens is 513 g/mol. The molecule has 1 amide bonds. The van der Waals surface area contributed by atoms with E-state index in [0.29, 0.717) is 29.0 Å². The standard InChI is InChI=1S/C26H35F3N8O2/c1-16(2)35-10-6-19(7-11-35)36-8-4-18(5-9-36)32-25(38)23-20(13-26(27,28)29)22(33-34-23)17-12-21(39-3)24-30-15-31-37(24)14-17/h12,14-16,18-19H,4-11,13H2,1-3H3,(H,32,38)(H,33,34). The van der Waals surface area contributed by atoms with Gasteiger partial charge in [-0.1, -0.05) is 0 Å². The molecule has 3 aromatic rings. The molecule has 3 aromatic heterocycles. The molecule has 5 heterocycles. The number of aromatic nitrogens is 5. The van der Waals surface area contributed by atoms with Crippen LogP contribution in [0.5, 0.6) is 5.75 Å². The van der Waals surface area contributed by atoms with Gasteiger partial charge in [-0.05, 0) is 58.7 Å². The van der Waals surface area contributed by atoms with E-state index in [1.54, 1.807) is 6.07 Å². The first-order valence-corrected chi connectivity index (χ1v) is 13.4. The van der Waals surface area contributed by atoms with Crippen LogP contribution >= 0.6 is 0 Å². The molecule has 2 aliphatic heterocycles. The maximum atomic E-state index is 13.6. The third-order valence-corrected chi connectivity index (χ3v) is 7.92. The van der Waals surface area contributed by atoms with Crippen molar-refractivity contribution in [2.45, 2.75) is 70.3 Å². The van der Waals surface area contributed by atoms with E-state index >= 15 is 0 Å². The molecule has 0 aliphatic carbocycles. The molecule has 0 radical (unpaired) electrons. The zero-order chi connectivity index (χ0) is 27.7. The lowest BCUT2D eigenvalue weighted by atomic mass is 9.97. The number of hydrogen-bond donors (Lipinski definition) is 2. The number of nitrogens with zero attached hydrogens (tertiary/aromatic N) is 6. The highest BCUT2D eigenvalue weighted by molar-refractivity contribution is 5.95. The van der Waals surface area contributed by atoms with Crippen LogP contribution in [0.3, 0.4) is 0 Å². The first-order chi connectivity index (χ1) is 18.6. The van der Waals surface area contributed by atoms with Crippen LogP contribution in [0.15, 0.2) is 18.6 Å². The van der Waals surface area contributed by atoms with Crippen LogP contribution in [0.25, 0.3) is 16.9 Å². The Morgan fingerprint density at radius 2 is 1.90 bits per heavy atom. The minimum absolute atomic E-state index is 0.0238. The second-order valence-corrected chi connectivity index (χ2v) is 10.7. The second-order valence-electron chi connectivity index (χ2n) is 10.7. The molecule has 2 fully saturated rings. The minimum atomic E-state index is -4.54. The normalized spacial score (nSPS) is 18.7. The summed E-state index contributed by atoms with van der Waals surface area (Å²) >= 11 is 0. The van der Waals surface area contributed by atoms with Crippen molar-refractivity contribution in [2.24, 2.45) is 0 Å². The smallest absolute Gasteiger partial charge is 0.393 e. The van der Waals surface area contributed by atoms with Crippen molar-refractivity contribution >= 4 is 11.6 Å². The molecule has 0 unspecified atom stereocenters. The largest absolute Gasteiger partial charge is 0.493 e. The third kappa shape index (κ3) is 6.03. The SMILES string of the molecule is COc1cc(-c2n[nH]c(C(=O)NC3CCN(C4CCN(C(C)C)CC4)CC3)c2CC(F)(F)F)cn2ncnc12. The molecule has 13 heteroatoms. The van der Waals surface area contributed by atoms with Crippen molar-refractivity contribution in [3.8, 4) is 17.0 Å². The number of alkyl halides is 3. The van der Waals surface area contributed by atoms with Gasteiger partial charge in [0.1, 0.15) is 12.0 Å². The fourth-order valence-corrected chi connectivity index (χ4v) is 5.77. The van der Waals surface area contributed by atoms with Gasteiger partial charge in [0, 0.05) is 48.5 Å². The van der Waals surface area contributed by atoms with Crippen molar-refractivity contribution < 1.29 is 22.7 Å². The van der Waals surface area contributed by atoms with Gasteiger partial charge in [-0.15, -0.1) is 0 Å². The highest BCUT2D eigenvalue weighted by atomic mass is 19.4. The van der Waals surface area contributed by atoms with Gasteiger partial charge in [-0.2, -0.15) is 23.4 Å². The average Bonchev–Trinajstić information content (AvgIpc) is 3.55. The summed E-state index contributed by atoms with van der Waals surface area (Å²) in [7, 11) is 1.44. The van der Waals surface area contributed by atoms with Crippen LogP contribution in [-0.2, 0) is 6.42 Å². The van der Waals surface area contributed by atoms with E-state index in [-0.39, 0.29) is 23.0 Å². The monoisotopic (exact) mass is 548 g/mol. The molecular formula is C26H35F3N8O2. The summed E-state index contributed by atoms with van der Waals surface area (Å²) < 4.78 is 47.6. The van der Waals surface area contributed by atoms with Crippen LogP contribution in [0.2, 0.25) is 0 Å². The molecule has 0 spiro atoms. The number of halogens is 3. The first-order valence-electron chi connectivity index (χ1n) is 13.4. The van der Waals surface area contributed by atoms with Crippen LogP contribution < -0.4 is 10.1 Å². The number of nitrogens with one attached hydrogen (secondary N) is 2. The fraction of sp³-hybridized carbons (Fsp3) is 0.615. The number of hydrogen-bond acceptors (Lipinski definition) is 7. The summed E-state index contributed by atoms with van der Waals surface area (Å²) in [6, 6.07) is 2.54. The van der Waals surface area contributed by atoms with Gasteiger partial charge in [0.15, 0.2) is 11.4 Å². The molecule has 10 nitrogen and oxygen atoms in total. The van der Waals surface area contributed by atoms with E-state index in [4.69, 9.17) is 4.74 Å². The number of carbonyl (C=O) groups is 1. The van der Waals surface area contributed by atoms with Crippen LogP contribution in [0.4, 0.5) is 13.2 Å². The number of H-pyrrole nitrogens is 1. The molecule has 0 atom stereocenters. The van der Waals surface area contributed by atoms with Crippen molar-refractivity contribution in [2.75, 3.05) is 33.3 Å². The number of rotatable bonds is 7. The Kier molecular flexibility index (Phi) is 7.81. The lowest BCUT2D eigenvalue weighted by Gasteiger charge is -2.42. The molecule has 39 heavy (non-hydrogen) atoms. The van der Waals surface area contributed by atoms with Crippen molar-refractivity contribution in [3.63, 3.8) is 0 Å². The van der Waals surface area contributed by atoms with E-state index in [1.165, 1.54) is 24.1 Å². The van der Waals surface area contributed by atoms with E-state index in [9.17, 15) is 18.0 Å². The third-order valence-electron chi connectivity index (χ3n) is 7.92. The minimum Gasteiger partial charge on any atom is -0.493 e. The van der Waals surface area contributed by atoms with Gasteiger partial charge in [-0.25, -0.2) is 9.50 Å². The molecule has 2 N–H and O–H groups in total. The van der Waals surface area contributed by atoms with Gasteiger partial charge in [0.05, 0.1) is 19.2 Å². The molecule has 5 rings (SSSR count). The predicted molar refractivity (Wildman–Crippen MR) is 139 cm³/mol. The number of methoxy groups -OCH3 is 1. The number of amides is 1. The van der Waals surface area contributed by atoms with Crippen molar-refractivity contribution in [3.05, 3.63) is 29.8 Å². The topological polar surface area (TPSA) is 104 Å². The fourth-order valence-electron chi connectivity index (χ4n) is 5.77. The van der Waals surface area contributed by atoms with Gasteiger partial charge in [0.25, 0.3) is 5.91 Å². The summed E-state index contributed by atoms with van der Waals surface area (Å²) in [6.07, 6.45) is 0.790. The molecule has 0 saturated carbocycles. The number of likely N-dealkylation sites (tertiary alicyclic amines) is 2. The maximum absolute atomic E-state index is 13.6. The van der Waals surface area contributed by atoms with Crippen molar-refractivity contribution in [1.82, 2.24) is 39.9 Å². The van der Waals surface area contributed by atoms with E-state index < -0.39 is 18.5 Å². The average molecular weight is 549 g/mol. The number of piperidine rings is 2. The summed E-state index contributed by atoms with van der Waals surface area (Å²) in [4.78, 5) is 22.3. The second kappa shape index (κ2) is 11.1. The van der Waals surface area contributed by atoms with Crippen LogP contribution in [-0.4, -0.2) is 98.1 Å². The van der Waals surface area contributed by atoms with E-state index in [1.807, 2.05) is 0 Å². The molecule has 0 aromatic carbocycles. The quantitative estimate of drug-likeness (QED) is 0.467. The van der Waals surface area contributed by atoms with E-state index in [2.05, 4.69) is 49.2 Å². The molecule has 0 bridgehead atoms. The number of aromatic amines is 1. The Morgan fingerprint density at radius 3 is 2.54 bits per heavy atom. The maximum Gasteiger partial charge on any atom is 0.393 e. The van der Waals surface area contributed by atoms with Crippen LogP contribution in [0.1, 0.15) is 55.6 Å². The number of pyridine rings is 1. The Bertz CT molecular complexity index is 1290. The van der Waals surface area contributed by atoms with Gasteiger partial charge < -0.3 is 19.9 Å². The highest BCUT2D eigenvalue weighted by Crippen LogP contribution is 2.33. The van der Waals surface area contributed by atoms with Gasteiger partial charge in [-0.3, -0.25) is 9.89 Å². The zero-order valence-electron chi connectivity index (χ0n) is 22.5. The number of fused-ring (bicyclic) bond motifs is 1. The summed E-state index contributed by atoms with van der Waals surface area (Å²) in [5.41, 5.74) is 0.384. The van der Waals surface area contributed by atoms with Gasteiger partial charge in [0.2, 0.25) is 0 Å². The predicted octanol–water partition coefficient (Wildman–Crippen LogP) is 3.30. The van der Waals surface area contributed by atoms with Crippen molar-refractivity contribution in [1.29, 1.82) is 0 Å². The summed E-state index contributed by atoms with van der Waals surface area (Å²) in [5, 5.41) is 13.7. The summed E-state index contributed by atoms with van der Waals surface area (Å²) in [5.74, 6) is -0.246. The lowest BCUT2D eigenvalue weighted by Crippen LogP contribution is -2.51. The lowest BCUT2D eigenvalue weighted by molar-refractivity contribution is -0.127.